The molecule has 0 heterocycles. The summed E-state index contributed by atoms with van der Waals surface area (Å²) >= 11 is 6.46. The zero-order valence-electron chi connectivity index (χ0n) is 25.8. The van der Waals surface area contributed by atoms with Crippen molar-refractivity contribution >= 4 is 35.2 Å². The Bertz CT molecular complexity index is 1110. The van der Waals surface area contributed by atoms with Crippen molar-refractivity contribution in [3.63, 3.8) is 0 Å². The number of aryl methyl sites for hydroxylation is 1. The molecule has 2 unspecified atom stereocenters. The number of para-hydroxylation sites is 1. The predicted octanol–water partition coefficient (Wildman–Crippen LogP) is 8.07. The fourth-order valence-corrected chi connectivity index (χ4v) is 4.91. The molecule has 0 aromatic heterocycles. The van der Waals surface area contributed by atoms with E-state index in [1.54, 1.807) is 31.7 Å². The number of nitrogens with one attached hydrogen (secondary N) is 2. The van der Waals surface area contributed by atoms with Crippen molar-refractivity contribution in [1.82, 2.24) is 10.2 Å². The van der Waals surface area contributed by atoms with E-state index in [2.05, 4.69) is 17.6 Å². The van der Waals surface area contributed by atoms with Crippen molar-refractivity contribution in [3.05, 3.63) is 64.7 Å². The lowest BCUT2D eigenvalue weighted by molar-refractivity contribution is -0.141. The molecule has 0 aliphatic carbocycles. The van der Waals surface area contributed by atoms with Gasteiger partial charge < -0.3 is 20.3 Å². The van der Waals surface area contributed by atoms with Gasteiger partial charge in [0, 0.05) is 6.54 Å². The van der Waals surface area contributed by atoms with E-state index >= 15 is 0 Å². The van der Waals surface area contributed by atoms with Gasteiger partial charge in [-0.3, -0.25) is 9.59 Å². The highest BCUT2D eigenvalue weighted by Gasteiger charge is 2.37. The number of unbranched alkanes of at least 4 members (excludes halogenated alkanes) is 5. The third-order valence-electron chi connectivity index (χ3n) is 6.79. The molecule has 2 N–H and O–H groups in total. The number of anilines is 1. The summed E-state index contributed by atoms with van der Waals surface area (Å²) in [6.07, 6.45) is 5.50. The van der Waals surface area contributed by atoms with Gasteiger partial charge in [0.25, 0.3) is 5.91 Å². The molecule has 2 rings (SSSR count). The Hall–Kier alpha value is -3.06. The van der Waals surface area contributed by atoms with Gasteiger partial charge in [-0.05, 0) is 57.2 Å². The quantitative estimate of drug-likeness (QED) is 0.219. The molecule has 2 aromatic carbocycles. The number of hydrogen-bond donors (Lipinski definition) is 2. The lowest BCUT2D eigenvalue weighted by Gasteiger charge is -2.36. The fraction of sp³-hybridized carbons (Fsp3) is 0.545. The van der Waals surface area contributed by atoms with Crippen molar-refractivity contribution in [2.24, 2.45) is 5.92 Å². The molecule has 2 atom stereocenters. The summed E-state index contributed by atoms with van der Waals surface area (Å²) in [5.41, 5.74) is 1.29. The number of halogens is 1. The van der Waals surface area contributed by atoms with E-state index in [9.17, 15) is 14.4 Å². The molecule has 2 aromatic rings. The van der Waals surface area contributed by atoms with E-state index in [1.165, 1.54) is 6.42 Å². The van der Waals surface area contributed by atoms with Gasteiger partial charge in [0.15, 0.2) is 0 Å². The maximum atomic E-state index is 14.3. The summed E-state index contributed by atoms with van der Waals surface area (Å²) in [6.45, 7) is 13.5. The number of amides is 3. The smallest absolute Gasteiger partial charge is 0.408 e. The summed E-state index contributed by atoms with van der Waals surface area (Å²) in [7, 11) is 0. The number of nitrogens with zero attached hydrogens (tertiary/aromatic N) is 1. The zero-order valence-corrected chi connectivity index (χ0v) is 26.5. The number of alkyl carbamates (subject to hydrolysis) is 1. The van der Waals surface area contributed by atoms with Gasteiger partial charge in [-0.25, -0.2) is 4.79 Å². The Labute approximate surface area is 251 Å². The van der Waals surface area contributed by atoms with Crippen LogP contribution >= 0.6 is 11.6 Å². The summed E-state index contributed by atoms with van der Waals surface area (Å²) < 4.78 is 5.47. The summed E-state index contributed by atoms with van der Waals surface area (Å²) in [5, 5.41) is 6.20. The van der Waals surface area contributed by atoms with Crippen LogP contribution in [0, 0.1) is 12.8 Å². The van der Waals surface area contributed by atoms with Gasteiger partial charge in [0.1, 0.15) is 17.7 Å². The Morgan fingerprint density at radius 2 is 1.56 bits per heavy atom. The number of carbonyl (C=O) groups excluding carboxylic acids is 3. The monoisotopic (exact) mass is 585 g/mol. The largest absolute Gasteiger partial charge is 0.444 e. The predicted molar refractivity (Wildman–Crippen MR) is 167 cm³/mol. The Morgan fingerprint density at radius 3 is 2.15 bits per heavy atom. The molecule has 0 saturated carbocycles. The first kappa shape index (κ1) is 34.1. The highest BCUT2D eigenvalue weighted by atomic mass is 35.5. The van der Waals surface area contributed by atoms with Crippen LogP contribution in [0.4, 0.5) is 10.5 Å². The van der Waals surface area contributed by atoms with Crippen LogP contribution in [-0.4, -0.2) is 41.0 Å². The topological polar surface area (TPSA) is 87.7 Å². The molecule has 0 radical (unpaired) electrons. The number of ether oxygens (including phenoxy) is 1. The van der Waals surface area contributed by atoms with Gasteiger partial charge in [-0.1, -0.05) is 107 Å². The molecule has 8 heteroatoms. The number of benzene rings is 2. The molecule has 0 aliphatic rings. The van der Waals surface area contributed by atoms with Crippen molar-refractivity contribution < 1.29 is 19.1 Å². The van der Waals surface area contributed by atoms with E-state index in [-0.39, 0.29) is 17.7 Å². The second kappa shape index (κ2) is 16.4. The van der Waals surface area contributed by atoms with E-state index in [1.807, 2.05) is 63.2 Å². The summed E-state index contributed by atoms with van der Waals surface area (Å²) in [4.78, 5) is 42.7. The minimum absolute atomic E-state index is 0.243. The normalized spacial score (nSPS) is 12.9. The first-order valence-corrected chi connectivity index (χ1v) is 15.1. The maximum absolute atomic E-state index is 14.3. The molecule has 226 valence electrons. The van der Waals surface area contributed by atoms with Crippen LogP contribution in [0.5, 0.6) is 0 Å². The molecule has 0 saturated heterocycles. The Morgan fingerprint density at radius 1 is 0.927 bits per heavy atom. The molecule has 0 spiro atoms. The SMILES string of the molecule is CCCCCCCCN(C(=O)C(NC(=O)OC(C)(C)C)C(C)C)C(C(=O)Nc1c(C)cccc1Cl)c1ccccc1. The first-order chi connectivity index (χ1) is 19.4. The lowest BCUT2D eigenvalue weighted by Crippen LogP contribution is -2.54. The van der Waals surface area contributed by atoms with Crippen molar-refractivity contribution in [1.29, 1.82) is 0 Å². The van der Waals surface area contributed by atoms with Crippen molar-refractivity contribution in [2.75, 3.05) is 11.9 Å². The average Bonchev–Trinajstić information content (AvgIpc) is 2.89. The van der Waals surface area contributed by atoms with Crippen LogP contribution < -0.4 is 10.6 Å². The molecular weight excluding hydrogens is 538 g/mol. The van der Waals surface area contributed by atoms with Crippen LogP contribution in [0.25, 0.3) is 0 Å². The average molecular weight is 586 g/mol. The van der Waals surface area contributed by atoms with Gasteiger partial charge in [-0.2, -0.15) is 0 Å². The van der Waals surface area contributed by atoms with Crippen LogP contribution in [-0.2, 0) is 14.3 Å². The van der Waals surface area contributed by atoms with Crippen LogP contribution in [0.15, 0.2) is 48.5 Å². The zero-order chi connectivity index (χ0) is 30.6. The molecule has 0 fully saturated rings. The fourth-order valence-electron chi connectivity index (χ4n) is 4.65. The van der Waals surface area contributed by atoms with Gasteiger partial charge >= 0.3 is 6.09 Å². The van der Waals surface area contributed by atoms with E-state index in [0.717, 1.165) is 37.7 Å². The van der Waals surface area contributed by atoms with Crippen LogP contribution in [0.2, 0.25) is 5.02 Å². The maximum Gasteiger partial charge on any atom is 0.408 e. The first-order valence-electron chi connectivity index (χ1n) is 14.8. The molecule has 0 aliphatic heterocycles. The number of carbonyl (C=O) groups is 3. The number of rotatable bonds is 14. The molecule has 41 heavy (non-hydrogen) atoms. The molecular formula is C33H48ClN3O4. The van der Waals surface area contributed by atoms with Crippen LogP contribution in [0.1, 0.15) is 97.2 Å². The second-order valence-corrected chi connectivity index (χ2v) is 12.3. The van der Waals surface area contributed by atoms with Gasteiger partial charge in [0.2, 0.25) is 5.91 Å². The molecule has 0 bridgehead atoms. The third-order valence-corrected chi connectivity index (χ3v) is 7.10. The van der Waals surface area contributed by atoms with Crippen molar-refractivity contribution in [2.45, 2.75) is 105 Å². The minimum Gasteiger partial charge on any atom is -0.444 e. The standard InChI is InChI=1S/C33H48ClN3O4/c1-8-9-10-11-12-16-22-37(31(39)27(23(2)3)36-32(40)41-33(5,6)7)29(25-19-14-13-15-20-25)30(38)35-28-24(4)18-17-21-26(28)34/h13-15,17-21,23,27,29H,8-12,16,22H2,1-7H3,(H,35,38)(H,36,40). The highest BCUT2D eigenvalue weighted by molar-refractivity contribution is 6.34. The van der Waals surface area contributed by atoms with Crippen LogP contribution in [0.3, 0.4) is 0 Å². The second-order valence-electron chi connectivity index (χ2n) is 11.9. The lowest BCUT2D eigenvalue weighted by atomic mass is 9.98. The number of hydrogen-bond acceptors (Lipinski definition) is 4. The minimum atomic E-state index is -0.934. The Kier molecular flexibility index (Phi) is 13.7. The summed E-state index contributed by atoms with van der Waals surface area (Å²) in [6, 6.07) is 12.9. The third kappa shape index (κ3) is 11.0. The van der Waals surface area contributed by atoms with E-state index in [4.69, 9.17) is 16.3 Å². The van der Waals surface area contributed by atoms with Gasteiger partial charge in [-0.15, -0.1) is 0 Å². The molecule has 3 amide bonds. The van der Waals surface area contributed by atoms with Gasteiger partial charge in [0.05, 0.1) is 10.7 Å². The van der Waals surface area contributed by atoms with E-state index in [0.29, 0.717) is 22.8 Å². The highest BCUT2D eigenvalue weighted by Crippen LogP contribution is 2.30. The van der Waals surface area contributed by atoms with E-state index < -0.39 is 23.8 Å². The molecule has 7 nitrogen and oxygen atoms in total. The Balaban J connectivity index is 2.49. The summed E-state index contributed by atoms with van der Waals surface area (Å²) in [5.74, 6) is -0.946. The van der Waals surface area contributed by atoms with Crippen molar-refractivity contribution in [3.8, 4) is 0 Å².